The number of alkyl halides is 1. The number of aromatic nitrogens is 2. The Labute approximate surface area is 126 Å². The van der Waals surface area contributed by atoms with Gasteiger partial charge in [0.2, 0.25) is 0 Å². The average Bonchev–Trinajstić information content (AvgIpc) is 2.87. The first-order valence-electron chi connectivity index (χ1n) is 7.38. The molecule has 0 radical (unpaired) electrons. The Balaban J connectivity index is 2.21. The van der Waals surface area contributed by atoms with E-state index in [0.29, 0.717) is 18.4 Å². The molecule has 2 aromatic carbocycles. The minimum atomic E-state index is -0.332. The molecule has 1 N–H and O–H groups in total. The summed E-state index contributed by atoms with van der Waals surface area (Å²) in [4.78, 5) is 14.7. The number of nitrogens with zero attached hydrogens (tertiary/aromatic N) is 1. The van der Waals surface area contributed by atoms with Gasteiger partial charge in [-0.05, 0) is 36.1 Å². The zero-order valence-corrected chi connectivity index (χ0v) is 12.0. The number of para-hydroxylation sites is 1. The Morgan fingerprint density at radius 1 is 0.955 bits per heavy atom. The third-order valence-electron chi connectivity index (χ3n) is 4.20. The van der Waals surface area contributed by atoms with Crippen LogP contribution < -0.4 is 5.56 Å². The number of fused-ring (bicyclic) bond motifs is 5. The Morgan fingerprint density at radius 3 is 2.68 bits per heavy atom. The molecule has 0 unspecified atom stereocenters. The summed E-state index contributed by atoms with van der Waals surface area (Å²) >= 11 is 0. The van der Waals surface area contributed by atoms with Crippen molar-refractivity contribution >= 4 is 32.6 Å². The molecule has 0 fully saturated rings. The smallest absolute Gasteiger partial charge is 0.255 e. The zero-order valence-electron chi connectivity index (χ0n) is 12.0. The predicted octanol–water partition coefficient (Wildman–Crippen LogP) is 4.00. The second-order valence-corrected chi connectivity index (χ2v) is 5.44. The summed E-state index contributed by atoms with van der Waals surface area (Å²) in [5, 5.41) is 3.80. The molecule has 0 aliphatic heterocycles. The maximum absolute atomic E-state index is 12.6. The largest absolute Gasteiger partial charge is 0.340 e. The molecule has 0 atom stereocenters. The van der Waals surface area contributed by atoms with Crippen molar-refractivity contribution in [2.75, 3.05) is 6.67 Å². The fourth-order valence-corrected chi connectivity index (χ4v) is 3.27. The number of halogens is 1. The third-order valence-corrected chi connectivity index (χ3v) is 4.20. The number of aryl methyl sites for hydroxylation is 1. The molecule has 3 nitrogen and oxygen atoms in total. The van der Waals surface area contributed by atoms with Crippen LogP contribution in [0.15, 0.2) is 53.5 Å². The highest BCUT2D eigenvalue weighted by Gasteiger charge is 2.13. The summed E-state index contributed by atoms with van der Waals surface area (Å²) in [7, 11) is 0. The molecule has 4 heteroatoms. The summed E-state index contributed by atoms with van der Waals surface area (Å²) in [6.45, 7) is 0.302. The van der Waals surface area contributed by atoms with Gasteiger partial charge in [-0.3, -0.25) is 9.18 Å². The molecule has 2 heterocycles. The van der Waals surface area contributed by atoms with Gasteiger partial charge in [0.15, 0.2) is 0 Å². The van der Waals surface area contributed by atoms with Crippen molar-refractivity contribution in [3.8, 4) is 0 Å². The first kappa shape index (κ1) is 13.1. The van der Waals surface area contributed by atoms with Crippen LogP contribution in [0.4, 0.5) is 4.39 Å². The number of nitrogens with one attached hydrogen (secondary N) is 1. The standard InChI is InChI=1S/C18H15FN2O/c19-9-3-11-21-15-5-2-1-4-14(15)17-12-8-10-20-18(22)13(12)6-7-16(17)21/h1-2,4-8,10H,3,9,11H2,(H,20,22). The van der Waals surface area contributed by atoms with Gasteiger partial charge < -0.3 is 9.55 Å². The van der Waals surface area contributed by atoms with Crippen LogP contribution in [0.5, 0.6) is 0 Å². The lowest BCUT2D eigenvalue weighted by Gasteiger charge is -2.06. The van der Waals surface area contributed by atoms with Crippen LogP contribution in [0.2, 0.25) is 0 Å². The minimum absolute atomic E-state index is 0.0833. The first-order valence-corrected chi connectivity index (χ1v) is 7.38. The van der Waals surface area contributed by atoms with Crippen LogP contribution in [0.1, 0.15) is 6.42 Å². The maximum atomic E-state index is 12.6. The van der Waals surface area contributed by atoms with E-state index in [2.05, 4.69) is 15.6 Å². The van der Waals surface area contributed by atoms with E-state index in [1.165, 1.54) is 0 Å². The van der Waals surface area contributed by atoms with Crippen LogP contribution >= 0.6 is 0 Å². The summed E-state index contributed by atoms with van der Waals surface area (Å²) in [6.07, 6.45) is 2.17. The monoisotopic (exact) mass is 294 g/mol. The number of benzene rings is 2. The van der Waals surface area contributed by atoms with E-state index in [0.717, 1.165) is 27.2 Å². The molecule has 0 saturated heterocycles. The first-order chi connectivity index (χ1) is 10.8. The Hall–Kier alpha value is -2.62. The fraction of sp³-hybridized carbons (Fsp3) is 0.167. The van der Waals surface area contributed by atoms with Crippen molar-refractivity contribution < 1.29 is 4.39 Å². The molecule has 22 heavy (non-hydrogen) atoms. The van der Waals surface area contributed by atoms with E-state index in [1.54, 1.807) is 6.20 Å². The van der Waals surface area contributed by atoms with E-state index in [9.17, 15) is 9.18 Å². The molecule has 0 spiro atoms. The molecule has 0 aliphatic carbocycles. The van der Waals surface area contributed by atoms with Crippen molar-refractivity contribution in [3.63, 3.8) is 0 Å². The van der Waals surface area contributed by atoms with Crippen LogP contribution in [0.25, 0.3) is 32.6 Å². The van der Waals surface area contributed by atoms with E-state index >= 15 is 0 Å². The van der Waals surface area contributed by atoms with Gasteiger partial charge >= 0.3 is 0 Å². The van der Waals surface area contributed by atoms with Crippen molar-refractivity contribution in [2.24, 2.45) is 0 Å². The van der Waals surface area contributed by atoms with Crippen LogP contribution in [-0.4, -0.2) is 16.2 Å². The van der Waals surface area contributed by atoms with Crippen molar-refractivity contribution in [2.45, 2.75) is 13.0 Å². The highest BCUT2D eigenvalue weighted by atomic mass is 19.1. The number of H-pyrrole nitrogens is 1. The number of hydrogen-bond donors (Lipinski definition) is 1. The van der Waals surface area contributed by atoms with Gasteiger partial charge in [0.05, 0.1) is 6.67 Å². The molecule has 0 amide bonds. The van der Waals surface area contributed by atoms with Gasteiger partial charge in [0.1, 0.15) is 0 Å². The van der Waals surface area contributed by atoms with Gasteiger partial charge in [-0.25, -0.2) is 0 Å². The second kappa shape index (κ2) is 4.98. The summed E-state index contributed by atoms with van der Waals surface area (Å²) < 4.78 is 14.8. The Bertz CT molecular complexity index is 1050. The highest BCUT2D eigenvalue weighted by Crippen LogP contribution is 2.33. The third kappa shape index (κ3) is 1.77. The molecule has 0 saturated carbocycles. The van der Waals surface area contributed by atoms with Crippen LogP contribution in [-0.2, 0) is 6.54 Å². The second-order valence-electron chi connectivity index (χ2n) is 5.44. The summed E-state index contributed by atoms with van der Waals surface area (Å²) in [5.41, 5.74) is 2.05. The number of pyridine rings is 1. The Kier molecular flexibility index (Phi) is 2.96. The number of hydrogen-bond acceptors (Lipinski definition) is 1. The van der Waals surface area contributed by atoms with Crippen LogP contribution in [0.3, 0.4) is 0 Å². The van der Waals surface area contributed by atoms with Crippen LogP contribution in [0, 0.1) is 0 Å². The normalized spacial score (nSPS) is 11.7. The lowest BCUT2D eigenvalue weighted by molar-refractivity contribution is 0.452. The predicted molar refractivity (Wildman–Crippen MR) is 88.2 cm³/mol. The van der Waals surface area contributed by atoms with E-state index in [-0.39, 0.29) is 12.2 Å². The van der Waals surface area contributed by atoms with Gasteiger partial charge in [-0.1, -0.05) is 18.2 Å². The molecule has 110 valence electrons. The van der Waals surface area contributed by atoms with Crippen molar-refractivity contribution in [1.29, 1.82) is 0 Å². The van der Waals surface area contributed by atoms with Gasteiger partial charge in [0.25, 0.3) is 5.56 Å². The lowest BCUT2D eigenvalue weighted by atomic mass is 10.1. The van der Waals surface area contributed by atoms with Crippen molar-refractivity contribution in [1.82, 2.24) is 9.55 Å². The van der Waals surface area contributed by atoms with E-state index < -0.39 is 0 Å². The average molecular weight is 294 g/mol. The summed E-state index contributed by atoms with van der Waals surface area (Å²) in [6, 6.07) is 13.8. The van der Waals surface area contributed by atoms with Gasteiger partial charge in [0, 0.05) is 39.9 Å². The van der Waals surface area contributed by atoms with E-state index in [1.807, 2.05) is 36.4 Å². The number of aromatic amines is 1. The molecule has 0 aliphatic rings. The highest BCUT2D eigenvalue weighted by molar-refractivity contribution is 6.20. The molecule has 2 aromatic heterocycles. The SMILES string of the molecule is O=c1[nH]ccc2c1ccc1c2c2ccccc2n1CCCF. The van der Waals surface area contributed by atoms with E-state index in [4.69, 9.17) is 0 Å². The molecule has 0 bridgehead atoms. The zero-order chi connectivity index (χ0) is 15.1. The minimum Gasteiger partial charge on any atom is -0.340 e. The quantitative estimate of drug-likeness (QED) is 0.609. The Morgan fingerprint density at radius 2 is 1.82 bits per heavy atom. The topological polar surface area (TPSA) is 37.8 Å². The lowest BCUT2D eigenvalue weighted by Crippen LogP contribution is -2.04. The fourth-order valence-electron chi connectivity index (χ4n) is 3.27. The van der Waals surface area contributed by atoms with Gasteiger partial charge in [-0.2, -0.15) is 0 Å². The van der Waals surface area contributed by atoms with Crippen molar-refractivity contribution in [3.05, 3.63) is 59.0 Å². The number of rotatable bonds is 3. The molecular weight excluding hydrogens is 279 g/mol. The molecule has 4 rings (SSSR count). The molecular formula is C18H15FN2O. The molecule has 4 aromatic rings. The maximum Gasteiger partial charge on any atom is 0.255 e. The van der Waals surface area contributed by atoms with Gasteiger partial charge in [-0.15, -0.1) is 0 Å². The summed E-state index contributed by atoms with van der Waals surface area (Å²) in [5.74, 6) is 0.